The molecule has 0 saturated heterocycles. The molecule has 6 heteroatoms. The van der Waals surface area contributed by atoms with Crippen molar-refractivity contribution in [1.82, 2.24) is 14.9 Å². The highest BCUT2D eigenvalue weighted by molar-refractivity contribution is 5.78. The molecule has 0 aliphatic heterocycles. The van der Waals surface area contributed by atoms with E-state index in [4.69, 9.17) is 0 Å². The number of benzene rings is 1. The molecule has 6 nitrogen and oxygen atoms in total. The summed E-state index contributed by atoms with van der Waals surface area (Å²) in [6.45, 7) is 3.54. The number of rotatable bonds is 4. The van der Waals surface area contributed by atoms with Crippen LogP contribution in [0.3, 0.4) is 0 Å². The van der Waals surface area contributed by atoms with Gasteiger partial charge in [0.05, 0.1) is 10.9 Å². The Kier molecular flexibility index (Phi) is 4.02. The molecule has 0 unspecified atom stereocenters. The molecule has 0 fully saturated rings. The Balaban J connectivity index is 2.38. The summed E-state index contributed by atoms with van der Waals surface area (Å²) >= 11 is 0. The molecule has 2 N–H and O–H groups in total. The van der Waals surface area contributed by atoms with Crippen molar-refractivity contribution in [3.63, 3.8) is 0 Å². The fourth-order valence-electron chi connectivity index (χ4n) is 1.91. The largest absolute Gasteiger partial charge is 0.352 e. The Morgan fingerprint density at radius 3 is 2.75 bits per heavy atom. The lowest BCUT2D eigenvalue weighted by molar-refractivity contribution is -0.122. The van der Waals surface area contributed by atoms with Gasteiger partial charge in [-0.15, -0.1) is 0 Å². The fourth-order valence-corrected chi connectivity index (χ4v) is 1.91. The van der Waals surface area contributed by atoms with Crippen LogP contribution >= 0.6 is 0 Å². The van der Waals surface area contributed by atoms with Crippen LogP contribution in [0.1, 0.15) is 20.3 Å². The first-order valence-electron chi connectivity index (χ1n) is 6.54. The van der Waals surface area contributed by atoms with Crippen LogP contribution in [-0.4, -0.2) is 21.5 Å². The number of hydrogen-bond acceptors (Lipinski definition) is 3. The summed E-state index contributed by atoms with van der Waals surface area (Å²) in [4.78, 5) is 38.5. The van der Waals surface area contributed by atoms with E-state index in [0.29, 0.717) is 10.9 Å². The molecule has 0 radical (unpaired) electrons. The summed E-state index contributed by atoms with van der Waals surface area (Å²) in [5.41, 5.74) is -0.558. The SMILES string of the molecule is CC[C@@H](C)NC(=O)Cn1c(=O)[nH]c2ccccc2c1=O. The third-order valence-corrected chi connectivity index (χ3v) is 3.21. The molecule has 2 aromatic rings. The summed E-state index contributed by atoms with van der Waals surface area (Å²) in [5, 5.41) is 3.12. The lowest BCUT2D eigenvalue weighted by Gasteiger charge is -2.12. The van der Waals surface area contributed by atoms with Crippen molar-refractivity contribution >= 4 is 16.8 Å². The van der Waals surface area contributed by atoms with Gasteiger partial charge in [0, 0.05) is 6.04 Å². The molecular formula is C14H17N3O3. The van der Waals surface area contributed by atoms with Crippen molar-refractivity contribution in [3.05, 3.63) is 45.1 Å². The average molecular weight is 275 g/mol. The standard InChI is InChI=1S/C14H17N3O3/c1-3-9(2)15-12(18)8-17-13(19)10-6-4-5-7-11(10)16-14(17)20/h4-7,9H,3,8H2,1-2H3,(H,15,18)(H,16,20)/t9-/m1/s1. The Morgan fingerprint density at radius 2 is 2.05 bits per heavy atom. The van der Waals surface area contributed by atoms with Crippen molar-refractivity contribution in [2.24, 2.45) is 0 Å². The number of carbonyl (C=O) groups is 1. The molecule has 1 aromatic carbocycles. The van der Waals surface area contributed by atoms with E-state index in [2.05, 4.69) is 10.3 Å². The van der Waals surface area contributed by atoms with Gasteiger partial charge in [-0.05, 0) is 25.5 Å². The van der Waals surface area contributed by atoms with Gasteiger partial charge in [-0.3, -0.25) is 14.2 Å². The smallest absolute Gasteiger partial charge is 0.329 e. The van der Waals surface area contributed by atoms with Gasteiger partial charge in [0.2, 0.25) is 5.91 Å². The maximum Gasteiger partial charge on any atom is 0.329 e. The number of amides is 1. The van der Waals surface area contributed by atoms with Crippen molar-refractivity contribution in [2.75, 3.05) is 0 Å². The second-order valence-corrected chi connectivity index (χ2v) is 4.74. The van der Waals surface area contributed by atoms with Gasteiger partial charge in [-0.25, -0.2) is 4.79 Å². The number of hydrogen-bond donors (Lipinski definition) is 2. The minimum absolute atomic E-state index is 0.0118. The monoisotopic (exact) mass is 275 g/mol. The van der Waals surface area contributed by atoms with Crippen LogP contribution in [0.25, 0.3) is 10.9 Å². The summed E-state index contributed by atoms with van der Waals surface area (Å²) in [6.07, 6.45) is 0.786. The predicted molar refractivity (Wildman–Crippen MR) is 76.7 cm³/mol. The molecule has 1 atom stereocenters. The predicted octanol–water partition coefficient (Wildman–Crippen LogP) is 0.604. The van der Waals surface area contributed by atoms with Gasteiger partial charge in [-0.1, -0.05) is 19.1 Å². The first-order valence-corrected chi connectivity index (χ1v) is 6.54. The molecule has 1 amide bonds. The minimum atomic E-state index is -0.576. The summed E-state index contributed by atoms with van der Waals surface area (Å²) in [5.74, 6) is -0.345. The highest BCUT2D eigenvalue weighted by Crippen LogP contribution is 2.02. The van der Waals surface area contributed by atoms with Crippen LogP contribution in [0, 0.1) is 0 Å². The van der Waals surface area contributed by atoms with Crippen molar-refractivity contribution in [3.8, 4) is 0 Å². The Labute approximate surface area is 115 Å². The van der Waals surface area contributed by atoms with Crippen molar-refractivity contribution < 1.29 is 4.79 Å². The molecule has 2 rings (SSSR count). The maximum atomic E-state index is 12.2. The molecule has 0 aliphatic rings. The summed E-state index contributed by atoms with van der Waals surface area (Å²) < 4.78 is 0.917. The highest BCUT2D eigenvalue weighted by atomic mass is 16.2. The van der Waals surface area contributed by atoms with Gasteiger partial charge >= 0.3 is 5.69 Å². The molecule has 0 aliphatic carbocycles. The first-order chi connectivity index (χ1) is 9.52. The molecule has 106 valence electrons. The van der Waals surface area contributed by atoms with Gasteiger partial charge < -0.3 is 10.3 Å². The normalized spacial score (nSPS) is 12.3. The van der Waals surface area contributed by atoms with E-state index in [1.807, 2.05) is 13.8 Å². The average Bonchev–Trinajstić information content (AvgIpc) is 2.43. The molecule has 0 saturated carbocycles. The number of nitrogens with zero attached hydrogens (tertiary/aromatic N) is 1. The van der Waals surface area contributed by atoms with Gasteiger partial charge in [0.15, 0.2) is 0 Å². The van der Waals surface area contributed by atoms with Crippen LogP contribution in [0.5, 0.6) is 0 Å². The third kappa shape index (κ3) is 2.79. The lowest BCUT2D eigenvalue weighted by Crippen LogP contribution is -2.42. The van der Waals surface area contributed by atoms with E-state index in [1.165, 1.54) is 0 Å². The van der Waals surface area contributed by atoms with Gasteiger partial charge in [0.1, 0.15) is 6.54 Å². The van der Waals surface area contributed by atoms with E-state index in [0.717, 1.165) is 11.0 Å². The Hall–Kier alpha value is -2.37. The quantitative estimate of drug-likeness (QED) is 0.857. The van der Waals surface area contributed by atoms with Crippen LogP contribution in [0.15, 0.2) is 33.9 Å². The number of para-hydroxylation sites is 1. The zero-order chi connectivity index (χ0) is 14.7. The molecule has 20 heavy (non-hydrogen) atoms. The Bertz CT molecular complexity index is 745. The lowest BCUT2D eigenvalue weighted by atomic mass is 10.2. The van der Waals surface area contributed by atoms with E-state index < -0.39 is 11.2 Å². The number of aromatic amines is 1. The Morgan fingerprint density at radius 1 is 1.35 bits per heavy atom. The van der Waals surface area contributed by atoms with Crippen molar-refractivity contribution in [2.45, 2.75) is 32.9 Å². The van der Waals surface area contributed by atoms with E-state index in [-0.39, 0.29) is 18.5 Å². The molecular weight excluding hydrogens is 258 g/mol. The molecule has 1 heterocycles. The number of carbonyl (C=O) groups excluding carboxylic acids is 1. The highest BCUT2D eigenvalue weighted by Gasteiger charge is 2.12. The fraction of sp³-hybridized carbons (Fsp3) is 0.357. The van der Waals surface area contributed by atoms with Gasteiger partial charge in [-0.2, -0.15) is 0 Å². The topological polar surface area (TPSA) is 84.0 Å². The number of aromatic nitrogens is 2. The van der Waals surface area contributed by atoms with E-state index >= 15 is 0 Å². The van der Waals surface area contributed by atoms with Crippen LogP contribution in [0.2, 0.25) is 0 Å². The first kappa shape index (κ1) is 14.0. The zero-order valence-corrected chi connectivity index (χ0v) is 11.5. The number of nitrogens with one attached hydrogen (secondary N) is 2. The van der Waals surface area contributed by atoms with Crippen molar-refractivity contribution in [1.29, 1.82) is 0 Å². The van der Waals surface area contributed by atoms with E-state index in [9.17, 15) is 14.4 Å². The molecule has 0 bridgehead atoms. The second-order valence-electron chi connectivity index (χ2n) is 4.74. The third-order valence-electron chi connectivity index (χ3n) is 3.21. The zero-order valence-electron chi connectivity index (χ0n) is 11.5. The minimum Gasteiger partial charge on any atom is -0.352 e. The van der Waals surface area contributed by atoms with Crippen LogP contribution in [-0.2, 0) is 11.3 Å². The maximum absolute atomic E-state index is 12.2. The van der Waals surface area contributed by atoms with E-state index in [1.54, 1.807) is 24.3 Å². The molecule has 1 aromatic heterocycles. The second kappa shape index (κ2) is 5.73. The summed E-state index contributed by atoms with van der Waals surface area (Å²) in [6, 6.07) is 6.74. The number of fused-ring (bicyclic) bond motifs is 1. The summed E-state index contributed by atoms with van der Waals surface area (Å²) in [7, 11) is 0. The molecule has 0 spiro atoms. The number of H-pyrrole nitrogens is 1. The van der Waals surface area contributed by atoms with Gasteiger partial charge in [0.25, 0.3) is 5.56 Å². The van der Waals surface area contributed by atoms with Crippen LogP contribution in [0.4, 0.5) is 0 Å². The van der Waals surface area contributed by atoms with Crippen LogP contribution < -0.4 is 16.6 Å².